The van der Waals surface area contributed by atoms with Crippen LogP contribution in [-0.2, 0) is 0 Å². The van der Waals surface area contributed by atoms with Gasteiger partial charge in [-0.3, -0.25) is 0 Å². The molecular weight excluding hydrogens is 206 g/mol. The minimum Gasteiger partial charge on any atom is -0.346 e. The predicted molar refractivity (Wildman–Crippen MR) is 59.6 cm³/mol. The molecule has 0 aliphatic heterocycles. The summed E-state index contributed by atoms with van der Waals surface area (Å²) in [6, 6.07) is 11.2. The zero-order valence-corrected chi connectivity index (χ0v) is 8.58. The van der Waals surface area contributed by atoms with Crippen molar-refractivity contribution < 1.29 is 0 Å². The SMILES string of the molecule is N#Cc1cccc(-c2cc(=S)nc[nH]2)c1. The van der Waals surface area contributed by atoms with Crippen LogP contribution in [0.15, 0.2) is 36.7 Å². The van der Waals surface area contributed by atoms with Gasteiger partial charge in [0.2, 0.25) is 0 Å². The lowest BCUT2D eigenvalue weighted by Crippen LogP contribution is -1.85. The molecule has 1 heterocycles. The Morgan fingerprint density at radius 3 is 2.93 bits per heavy atom. The molecule has 1 aromatic carbocycles. The Bertz CT molecular complexity index is 581. The lowest BCUT2D eigenvalue weighted by Gasteiger charge is -2.00. The number of rotatable bonds is 1. The summed E-state index contributed by atoms with van der Waals surface area (Å²) in [5.74, 6) is 0. The van der Waals surface area contributed by atoms with Crippen molar-refractivity contribution in [2.45, 2.75) is 0 Å². The number of benzene rings is 1. The van der Waals surface area contributed by atoms with E-state index in [1.165, 1.54) is 0 Å². The number of nitrogens with one attached hydrogen (secondary N) is 1. The summed E-state index contributed by atoms with van der Waals surface area (Å²) >= 11 is 4.96. The Balaban J connectivity index is 2.55. The van der Waals surface area contributed by atoms with Crippen molar-refractivity contribution in [2.75, 3.05) is 0 Å². The van der Waals surface area contributed by atoms with E-state index >= 15 is 0 Å². The molecule has 0 aliphatic carbocycles. The van der Waals surface area contributed by atoms with Crippen molar-refractivity contribution in [3.8, 4) is 17.3 Å². The largest absolute Gasteiger partial charge is 0.346 e. The Morgan fingerprint density at radius 1 is 1.33 bits per heavy atom. The first-order chi connectivity index (χ1) is 7.29. The summed E-state index contributed by atoms with van der Waals surface area (Å²) in [7, 11) is 0. The summed E-state index contributed by atoms with van der Waals surface area (Å²) in [4.78, 5) is 6.89. The Labute approximate surface area is 92.0 Å². The number of nitrogens with zero attached hydrogens (tertiary/aromatic N) is 2. The molecule has 0 unspecified atom stereocenters. The van der Waals surface area contributed by atoms with Crippen molar-refractivity contribution in [3.63, 3.8) is 0 Å². The average Bonchev–Trinajstić information content (AvgIpc) is 2.29. The normalized spacial score (nSPS) is 9.53. The number of hydrogen-bond donors (Lipinski definition) is 1. The zero-order chi connectivity index (χ0) is 10.7. The van der Waals surface area contributed by atoms with Crippen LogP contribution in [0.5, 0.6) is 0 Å². The molecule has 2 aromatic rings. The molecule has 0 saturated heterocycles. The van der Waals surface area contributed by atoms with Crippen LogP contribution in [0.1, 0.15) is 5.56 Å². The molecule has 3 nitrogen and oxygen atoms in total. The molecule has 0 fully saturated rings. The number of aromatic amines is 1. The highest BCUT2D eigenvalue weighted by Gasteiger charge is 1.98. The van der Waals surface area contributed by atoms with Gasteiger partial charge in [0.25, 0.3) is 0 Å². The van der Waals surface area contributed by atoms with Gasteiger partial charge >= 0.3 is 0 Å². The van der Waals surface area contributed by atoms with E-state index < -0.39 is 0 Å². The van der Waals surface area contributed by atoms with Gasteiger partial charge in [-0.1, -0.05) is 24.4 Å². The minimum absolute atomic E-state index is 0.533. The van der Waals surface area contributed by atoms with E-state index in [0.29, 0.717) is 10.2 Å². The van der Waals surface area contributed by atoms with Crippen LogP contribution in [-0.4, -0.2) is 9.97 Å². The van der Waals surface area contributed by atoms with E-state index in [2.05, 4.69) is 16.0 Å². The van der Waals surface area contributed by atoms with Crippen LogP contribution in [0.2, 0.25) is 0 Å². The van der Waals surface area contributed by atoms with E-state index in [4.69, 9.17) is 17.5 Å². The molecule has 1 N–H and O–H groups in total. The third kappa shape index (κ3) is 2.09. The van der Waals surface area contributed by atoms with Crippen LogP contribution >= 0.6 is 12.2 Å². The van der Waals surface area contributed by atoms with Crippen LogP contribution in [0.4, 0.5) is 0 Å². The van der Waals surface area contributed by atoms with E-state index in [0.717, 1.165) is 11.3 Å². The molecule has 1 aromatic heterocycles. The van der Waals surface area contributed by atoms with Crippen LogP contribution < -0.4 is 0 Å². The standard InChI is InChI=1S/C11H7N3S/c12-6-8-2-1-3-9(4-8)10-5-11(15)14-7-13-10/h1-5,7H,(H,13,14,15). The smallest absolute Gasteiger partial charge is 0.130 e. The van der Waals surface area contributed by atoms with Crippen molar-refractivity contribution in [2.24, 2.45) is 0 Å². The monoisotopic (exact) mass is 213 g/mol. The summed E-state index contributed by atoms with van der Waals surface area (Å²) in [5.41, 5.74) is 2.43. The average molecular weight is 213 g/mol. The van der Waals surface area contributed by atoms with E-state index in [-0.39, 0.29) is 0 Å². The fourth-order valence-electron chi connectivity index (χ4n) is 1.29. The molecule has 2 rings (SSSR count). The molecule has 0 radical (unpaired) electrons. The molecule has 15 heavy (non-hydrogen) atoms. The number of H-pyrrole nitrogens is 1. The Hall–Kier alpha value is -1.99. The second-order valence-corrected chi connectivity index (χ2v) is 3.41. The van der Waals surface area contributed by atoms with Crippen molar-refractivity contribution in [1.29, 1.82) is 5.26 Å². The zero-order valence-electron chi connectivity index (χ0n) is 7.77. The first-order valence-electron chi connectivity index (χ1n) is 4.35. The number of nitriles is 1. The third-order valence-corrected chi connectivity index (χ3v) is 2.21. The summed E-state index contributed by atoms with van der Waals surface area (Å²) in [6.45, 7) is 0. The first-order valence-corrected chi connectivity index (χ1v) is 4.76. The molecular formula is C11H7N3S. The van der Waals surface area contributed by atoms with Gasteiger partial charge in [-0.25, -0.2) is 4.98 Å². The second-order valence-electron chi connectivity index (χ2n) is 2.99. The van der Waals surface area contributed by atoms with Gasteiger partial charge in [0, 0.05) is 5.69 Å². The molecule has 72 valence electrons. The lowest BCUT2D eigenvalue weighted by molar-refractivity contribution is 1.15. The third-order valence-electron chi connectivity index (χ3n) is 1.98. The van der Waals surface area contributed by atoms with Gasteiger partial charge in [0.05, 0.1) is 18.0 Å². The van der Waals surface area contributed by atoms with Gasteiger partial charge in [0.1, 0.15) is 4.64 Å². The van der Waals surface area contributed by atoms with E-state index in [9.17, 15) is 0 Å². The number of aromatic nitrogens is 2. The van der Waals surface area contributed by atoms with Crippen LogP contribution in [0.3, 0.4) is 0 Å². The van der Waals surface area contributed by atoms with E-state index in [1.807, 2.05) is 12.1 Å². The van der Waals surface area contributed by atoms with Gasteiger partial charge in [-0.05, 0) is 23.8 Å². The highest BCUT2D eigenvalue weighted by Crippen LogP contribution is 2.16. The molecule has 0 aliphatic rings. The van der Waals surface area contributed by atoms with Gasteiger partial charge in [-0.2, -0.15) is 5.26 Å². The molecule has 4 heteroatoms. The summed E-state index contributed by atoms with van der Waals surface area (Å²) in [6.07, 6.45) is 1.55. The van der Waals surface area contributed by atoms with Crippen molar-refractivity contribution in [3.05, 3.63) is 46.9 Å². The minimum atomic E-state index is 0.533. The lowest BCUT2D eigenvalue weighted by atomic mass is 10.1. The maximum atomic E-state index is 8.77. The molecule has 0 atom stereocenters. The molecule has 0 spiro atoms. The molecule has 0 saturated carbocycles. The Morgan fingerprint density at radius 2 is 2.20 bits per heavy atom. The van der Waals surface area contributed by atoms with E-state index in [1.54, 1.807) is 24.5 Å². The highest BCUT2D eigenvalue weighted by atomic mass is 32.1. The molecule has 0 bridgehead atoms. The van der Waals surface area contributed by atoms with Gasteiger partial charge in [-0.15, -0.1) is 0 Å². The van der Waals surface area contributed by atoms with Crippen molar-refractivity contribution in [1.82, 2.24) is 9.97 Å². The van der Waals surface area contributed by atoms with Crippen LogP contribution in [0, 0.1) is 16.0 Å². The fourth-order valence-corrected chi connectivity index (χ4v) is 1.46. The summed E-state index contributed by atoms with van der Waals surface area (Å²) < 4.78 is 0.533. The first kappa shape index (κ1) is 9.56. The fraction of sp³-hybridized carbons (Fsp3) is 0. The summed E-state index contributed by atoms with van der Waals surface area (Å²) in [5, 5.41) is 8.77. The highest BCUT2D eigenvalue weighted by molar-refractivity contribution is 7.71. The van der Waals surface area contributed by atoms with Gasteiger partial charge < -0.3 is 4.98 Å². The maximum Gasteiger partial charge on any atom is 0.130 e. The topological polar surface area (TPSA) is 52.5 Å². The Kier molecular flexibility index (Phi) is 2.57. The quantitative estimate of drug-likeness (QED) is 0.741. The number of hydrogen-bond acceptors (Lipinski definition) is 3. The second kappa shape index (κ2) is 4.03. The van der Waals surface area contributed by atoms with Gasteiger partial charge in [0.15, 0.2) is 0 Å². The van der Waals surface area contributed by atoms with Crippen molar-refractivity contribution >= 4 is 12.2 Å². The molecule has 0 amide bonds. The maximum absolute atomic E-state index is 8.77. The van der Waals surface area contributed by atoms with Crippen LogP contribution in [0.25, 0.3) is 11.3 Å². The predicted octanol–water partition coefficient (Wildman–Crippen LogP) is 2.68.